The van der Waals surface area contributed by atoms with Crippen molar-refractivity contribution in [1.29, 1.82) is 0 Å². The average molecular weight is 452 g/mol. The SMILES string of the molecule is Cc1nnc(SCCCN2C(N3CC(C)CC(C)C3)=NC3C2C(=O)NC(=O)N3C)s1. The Bertz CT molecular complexity index is 835. The predicted octanol–water partition coefficient (Wildman–Crippen LogP) is 1.85. The first-order valence-corrected chi connectivity index (χ1v) is 12.2. The number of aromatic nitrogens is 2. The number of fused-ring (bicyclic) bond motifs is 1. The first-order chi connectivity index (χ1) is 14.3. The molecule has 1 aromatic rings. The zero-order valence-electron chi connectivity index (χ0n) is 17.9. The summed E-state index contributed by atoms with van der Waals surface area (Å²) in [7, 11) is 1.71. The number of rotatable bonds is 5. The summed E-state index contributed by atoms with van der Waals surface area (Å²) in [6.45, 7) is 9.04. The number of thioether (sulfide) groups is 1. The first-order valence-electron chi connectivity index (χ1n) is 10.4. The van der Waals surface area contributed by atoms with Gasteiger partial charge in [-0.3, -0.25) is 10.1 Å². The van der Waals surface area contributed by atoms with Gasteiger partial charge in [-0.15, -0.1) is 10.2 Å². The molecule has 0 radical (unpaired) electrons. The fourth-order valence-corrected chi connectivity index (χ4v) is 6.38. The molecule has 2 fully saturated rings. The minimum absolute atomic E-state index is 0.257. The number of nitrogens with one attached hydrogen (secondary N) is 1. The van der Waals surface area contributed by atoms with Gasteiger partial charge in [0.1, 0.15) is 5.01 Å². The molecular formula is C19H29N7O2S2. The highest BCUT2D eigenvalue weighted by atomic mass is 32.2. The fraction of sp³-hybridized carbons (Fsp3) is 0.737. The summed E-state index contributed by atoms with van der Waals surface area (Å²) in [6, 6.07) is -0.849. The molecule has 0 bridgehead atoms. The molecule has 0 spiro atoms. The third kappa shape index (κ3) is 4.27. The Morgan fingerprint density at radius 1 is 1.20 bits per heavy atom. The highest BCUT2D eigenvalue weighted by molar-refractivity contribution is 8.01. The summed E-state index contributed by atoms with van der Waals surface area (Å²) >= 11 is 3.29. The number of carbonyl (C=O) groups excluding carboxylic acids is 2. The summed E-state index contributed by atoms with van der Waals surface area (Å²) in [6.07, 6.45) is 1.62. The number of nitrogens with zero attached hydrogens (tertiary/aromatic N) is 6. The maximum absolute atomic E-state index is 12.7. The number of guanidine groups is 1. The van der Waals surface area contributed by atoms with Crippen LogP contribution >= 0.6 is 23.1 Å². The Kier molecular flexibility index (Phi) is 6.19. The van der Waals surface area contributed by atoms with Crippen LogP contribution in [0, 0.1) is 18.8 Å². The van der Waals surface area contributed by atoms with Gasteiger partial charge in [-0.1, -0.05) is 36.9 Å². The Labute approximate surface area is 185 Å². The summed E-state index contributed by atoms with van der Waals surface area (Å²) in [5.41, 5.74) is 0. The Balaban J connectivity index is 1.49. The molecule has 3 amide bonds. The van der Waals surface area contributed by atoms with Crippen molar-refractivity contribution < 1.29 is 9.59 Å². The molecule has 0 saturated carbocycles. The molecule has 4 atom stereocenters. The topological polar surface area (TPSA) is 94.0 Å². The molecule has 1 aromatic heterocycles. The molecule has 1 N–H and O–H groups in total. The molecule has 3 aliphatic heterocycles. The van der Waals surface area contributed by atoms with E-state index in [4.69, 9.17) is 4.99 Å². The van der Waals surface area contributed by atoms with Crippen molar-refractivity contribution in [1.82, 2.24) is 30.2 Å². The monoisotopic (exact) mass is 451 g/mol. The number of aliphatic imine (C=N–C) groups is 1. The molecule has 164 valence electrons. The van der Waals surface area contributed by atoms with Gasteiger partial charge in [0.2, 0.25) is 0 Å². The molecule has 30 heavy (non-hydrogen) atoms. The maximum atomic E-state index is 12.7. The van der Waals surface area contributed by atoms with E-state index in [1.807, 2.05) is 6.92 Å². The van der Waals surface area contributed by atoms with Crippen LogP contribution in [0.25, 0.3) is 0 Å². The van der Waals surface area contributed by atoms with Gasteiger partial charge in [0.15, 0.2) is 22.5 Å². The van der Waals surface area contributed by atoms with Gasteiger partial charge in [0.25, 0.3) is 5.91 Å². The van der Waals surface area contributed by atoms with E-state index in [9.17, 15) is 9.59 Å². The molecule has 11 heteroatoms. The van der Waals surface area contributed by atoms with Crippen molar-refractivity contribution in [3.05, 3.63) is 5.01 Å². The van der Waals surface area contributed by atoms with E-state index in [2.05, 4.69) is 39.2 Å². The number of piperidine rings is 1. The normalized spacial score (nSPS) is 29.2. The molecule has 3 aliphatic rings. The molecule has 4 rings (SSSR count). The number of likely N-dealkylation sites (tertiary alicyclic amines) is 1. The van der Waals surface area contributed by atoms with E-state index < -0.39 is 12.2 Å². The summed E-state index contributed by atoms with van der Waals surface area (Å²) in [5, 5.41) is 11.7. The van der Waals surface area contributed by atoms with Gasteiger partial charge < -0.3 is 14.7 Å². The van der Waals surface area contributed by atoms with E-state index in [0.717, 1.165) is 40.6 Å². The third-order valence-electron chi connectivity index (χ3n) is 5.77. The molecule has 4 unspecified atom stereocenters. The number of amides is 3. The van der Waals surface area contributed by atoms with Gasteiger partial charge in [-0.05, 0) is 31.6 Å². The lowest BCUT2D eigenvalue weighted by Crippen LogP contribution is -2.64. The highest BCUT2D eigenvalue weighted by Crippen LogP contribution is 2.30. The van der Waals surface area contributed by atoms with Crippen molar-refractivity contribution in [3.63, 3.8) is 0 Å². The molecule has 9 nitrogen and oxygen atoms in total. The summed E-state index contributed by atoms with van der Waals surface area (Å²) in [5.74, 6) is 2.64. The summed E-state index contributed by atoms with van der Waals surface area (Å²) < 4.78 is 0.972. The molecule has 0 aliphatic carbocycles. The molecule has 0 aromatic carbocycles. The van der Waals surface area contributed by atoms with Crippen molar-refractivity contribution in [2.75, 3.05) is 32.4 Å². The number of hydrogen-bond donors (Lipinski definition) is 1. The quantitative estimate of drug-likeness (QED) is 0.539. The number of aryl methyl sites for hydroxylation is 1. The van der Waals surface area contributed by atoms with Crippen molar-refractivity contribution in [2.24, 2.45) is 16.8 Å². The van der Waals surface area contributed by atoms with E-state index >= 15 is 0 Å². The smallest absolute Gasteiger partial charge is 0.325 e. The van der Waals surface area contributed by atoms with Crippen LogP contribution in [-0.2, 0) is 4.79 Å². The van der Waals surface area contributed by atoms with E-state index in [1.165, 1.54) is 6.42 Å². The first kappa shape index (κ1) is 21.4. The molecule has 2 saturated heterocycles. The van der Waals surface area contributed by atoms with E-state index in [1.54, 1.807) is 35.0 Å². The number of hydrogen-bond acceptors (Lipinski definition) is 9. The Morgan fingerprint density at radius 2 is 1.93 bits per heavy atom. The van der Waals surface area contributed by atoms with Gasteiger partial charge in [-0.25, -0.2) is 9.79 Å². The molecule has 4 heterocycles. The van der Waals surface area contributed by atoms with Crippen LogP contribution in [0.1, 0.15) is 31.7 Å². The minimum Gasteiger partial charge on any atom is -0.342 e. The van der Waals surface area contributed by atoms with Crippen LogP contribution in [0.2, 0.25) is 0 Å². The van der Waals surface area contributed by atoms with Crippen LogP contribution in [0.3, 0.4) is 0 Å². The van der Waals surface area contributed by atoms with Crippen LogP contribution in [0.5, 0.6) is 0 Å². The lowest BCUT2D eigenvalue weighted by molar-refractivity contribution is -0.127. The Morgan fingerprint density at radius 3 is 2.60 bits per heavy atom. The van der Waals surface area contributed by atoms with E-state index in [0.29, 0.717) is 18.4 Å². The number of likely N-dealkylation sites (N-methyl/N-ethyl adjacent to an activating group) is 1. The van der Waals surface area contributed by atoms with Gasteiger partial charge in [0, 0.05) is 32.4 Å². The van der Waals surface area contributed by atoms with Crippen molar-refractivity contribution >= 4 is 41.0 Å². The summed E-state index contributed by atoms with van der Waals surface area (Å²) in [4.78, 5) is 35.7. The second-order valence-corrected chi connectivity index (χ2v) is 11.0. The van der Waals surface area contributed by atoms with Gasteiger partial charge >= 0.3 is 6.03 Å². The number of carbonyl (C=O) groups is 2. The van der Waals surface area contributed by atoms with Crippen LogP contribution in [-0.4, -0.2) is 87.4 Å². The van der Waals surface area contributed by atoms with Crippen LogP contribution in [0.15, 0.2) is 9.33 Å². The Hall–Kier alpha value is -1.88. The average Bonchev–Trinajstić information content (AvgIpc) is 3.26. The van der Waals surface area contributed by atoms with E-state index in [-0.39, 0.29) is 11.9 Å². The lowest BCUT2D eigenvalue weighted by atomic mass is 9.92. The second-order valence-electron chi connectivity index (χ2n) is 8.53. The standard InChI is InChI=1S/C19H29N7O2S2/c1-11-8-12(2)10-25(9-11)17-20-15-14(16(27)21-18(28)24(15)4)26(17)6-5-7-29-19-23-22-13(3)30-19/h11-12,14-15H,5-10H2,1-4H3,(H,21,27,28). The predicted molar refractivity (Wildman–Crippen MR) is 118 cm³/mol. The fourth-order valence-electron chi connectivity index (χ4n) is 4.57. The van der Waals surface area contributed by atoms with Crippen molar-refractivity contribution in [2.45, 2.75) is 50.2 Å². The number of imide groups is 1. The van der Waals surface area contributed by atoms with Gasteiger partial charge in [0.05, 0.1) is 0 Å². The van der Waals surface area contributed by atoms with Gasteiger partial charge in [-0.2, -0.15) is 0 Å². The minimum atomic E-state index is -0.469. The number of urea groups is 1. The van der Waals surface area contributed by atoms with Crippen LogP contribution < -0.4 is 5.32 Å². The van der Waals surface area contributed by atoms with Crippen molar-refractivity contribution in [3.8, 4) is 0 Å². The largest absolute Gasteiger partial charge is 0.342 e. The molecular weight excluding hydrogens is 422 g/mol. The third-order valence-corrected chi connectivity index (χ3v) is 7.83. The van der Waals surface area contributed by atoms with Crippen LogP contribution in [0.4, 0.5) is 4.79 Å². The highest BCUT2D eigenvalue weighted by Gasteiger charge is 2.49. The maximum Gasteiger partial charge on any atom is 0.325 e. The lowest BCUT2D eigenvalue weighted by Gasteiger charge is -2.41. The zero-order chi connectivity index (χ0) is 21.4. The zero-order valence-corrected chi connectivity index (χ0v) is 19.5. The second kappa shape index (κ2) is 8.70.